The van der Waals surface area contributed by atoms with E-state index in [1.807, 2.05) is 17.5 Å². The zero-order valence-corrected chi connectivity index (χ0v) is 10.5. The second kappa shape index (κ2) is 5.25. The molecule has 0 saturated heterocycles. The van der Waals surface area contributed by atoms with Gasteiger partial charge in [-0.25, -0.2) is 4.98 Å². The van der Waals surface area contributed by atoms with Crippen LogP contribution in [-0.4, -0.2) is 9.97 Å². The molecule has 5 heteroatoms. The minimum atomic E-state index is -0.201. The average Bonchev–Trinajstić information content (AvgIpc) is 2.82. The molecule has 0 radical (unpaired) electrons. The van der Waals surface area contributed by atoms with Crippen molar-refractivity contribution in [3.8, 4) is 10.6 Å². The SMILES string of the molecule is CCCC(N)c1nc(-c2cccs2)cc(=O)[nH]1. The first-order valence-electron chi connectivity index (χ1n) is 5.61. The fourth-order valence-electron chi connectivity index (χ4n) is 1.65. The number of aromatic amines is 1. The molecule has 0 aliphatic rings. The summed E-state index contributed by atoms with van der Waals surface area (Å²) in [7, 11) is 0. The highest BCUT2D eigenvalue weighted by Crippen LogP contribution is 2.22. The van der Waals surface area contributed by atoms with Gasteiger partial charge in [0.1, 0.15) is 5.82 Å². The number of hydrogen-bond acceptors (Lipinski definition) is 4. The molecule has 0 saturated carbocycles. The molecule has 90 valence electrons. The Morgan fingerprint density at radius 2 is 2.41 bits per heavy atom. The van der Waals surface area contributed by atoms with E-state index >= 15 is 0 Å². The van der Waals surface area contributed by atoms with E-state index in [2.05, 4.69) is 16.9 Å². The lowest BCUT2D eigenvalue weighted by molar-refractivity contribution is 0.600. The Kier molecular flexibility index (Phi) is 3.71. The summed E-state index contributed by atoms with van der Waals surface area (Å²) in [5, 5.41) is 1.96. The van der Waals surface area contributed by atoms with Gasteiger partial charge in [-0.3, -0.25) is 4.79 Å². The third-order valence-corrected chi connectivity index (χ3v) is 3.38. The highest BCUT2D eigenvalue weighted by molar-refractivity contribution is 7.13. The molecule has 1 atom stereocenters. The van der Waals surface area contributed by atoms with E-state index in [4.69, 9.17) is 5.73 Å². The maximum atomic E-state index is 11.6. The van der Waals surface area contributed by atoms with Crippen molar-refractivity contribution in [1.82, 2.24) is 9.97 Å². The summed E-state index contributed by atoms with van der Waals surface area (Å²) >= 11 is 1.56. The van der Waals surface area contributed by atoms with Gasteiger partial charge in [0.25, 0.3) is 5.56 Å². The van der Waals surface area contributed by atoms with Crippen molar-refractivity contribution in [1.29, 1.82) is 0 Å². The second-order valence-corrected chi connectivity index (χ2v) is 4.84. The van der Waals surface area contributed by atoms with Gasteiger partial charge in [-0.15, -0.1) is 11.3 Å². The number of nitrogens with one attached hydrogen (secondary N) is 1. The Labute approximate surface area is 104 Å². The molecular weight excluding hydrogens is 234 g/mol. The highest BCUT2D eigenvalue weighted by Gasteiger charge is 2.10. The first kappa shape index (κ1) is 12.0. The van der Waals surface area contributed by atoms with E-state index in [0.29, 0.717) is 11.5 Å². The molecule has 2 aromatic heterocycles. The Morgan fingerprint density at radius 1 is 1.59 bits per heavy atom. The zero-order valence-electron chi connectivity index (χ0n) is 9.64. The van der Waals surface area contributed by atoms with Crippen LogP contribution in [0.15, 0.2) is 28.4 Å². The first-order valence-corrected chi connectivity index (χ1v) is 6.49. The molecule has 2 rings (SSSR count). The third kappa shape index (κ3) is 2.81. The molecule has 0 spiro atoms. The molecule has 17 heavy (non-hydrogen) atoms. The lowest BCUT2D eigenvalue weighted by Crippen LogP contribution is -2.19. The molecule has 3 N–H and O–H groups in total. The number of rotatable bonds is 4. The number of nitrogens with two attached hydrogens (primary N) is 1. The van der Waals surface area contributed by atoms with Crippen LogP contribution in [0.4, 0.5) is 0 Å². The zero-order chi connectivity index (χ0) is 12.3. The normalized spacial score (nSPS) is 12.6. The predicted octanol–water partition coefficient (Wildman–Crippen LogP) is 2.30. The summed E-state index contributed by atoms with van der Waals surface area (Å²) in [6, 6.07) is 5.19. The second-order valence-electron chi connectivity index (χ2n) is 3.89. The van der Waals surface area contributed by atoms with Gasteiger partial charge in [0.15, 0.2) is 0 Å². The number of thiophene rings is 1. The van der Waals surface area contributed by atoms with Crippen molar-refractivity contribution in [2.24, 2.45) is 5.73 Å². The summed E-state index contributed by atoms with van der Waals surface area (Å²) in [6.45, 7) is 2.06. The number of hydrogen-bond donors (Lipinski definition) is 2. The van der Waals surface area contributed by atoms with Crippen molar-refractivity contribution < 1.29 is 0 Å². The molecular formula is C12H15N3OS. The molecule has 0 aliphatic heterocycles. The van der Waals surface area contributed by atoms with Crippen LogP contribution in [0.3, 0.4) is 0 Å². The maximum Gasteiger partial charge on any atom is 0.251 e. The minimum absolute atomic E-state index is 0.148. The predicted molar refractivity (Wildman–Crippen MR) is 70.0 cm³/mol. The van der Waals surface area contributed by atoms with Crippen LogP contribution < -0.4 is 11.3 Å². The summed E-state index contributed by atoms with van der Waals surface area (Å²) < 4.78 is 0. The van der Waals surface area contributed by atoms with Gasteiger partial charge in [0, 0.05) is 6.07 Å². The summed E-state index contributed by atoms with van der Waals surface area (Å²) in [6.07, 6.45) is 1.78. The van der Waals surface area contributed by atoms with E-state index in [-0.39, 0.29) is 11.6 Å². The van der Waals surface area contributed by atoms with Crippen molar-refractivity contribution in [2.75, 3.05) is 0 Å². The monoisotopic (exact) mass is 249 g/mol. The van der Waals surface area contributed by atoms with Crippen LogP contribution in [0.5, 0.6) is 0 Å². The molecule has 0 fully saturated rings. The standard InChI is InChI=1S/C12H15N3OS/c1-2-4-8(13)12-14-9(7-11(16)15-12)10-5-3-6-17-10/h3,5-8H,2,4,13H2,1H3,(H,14,15,16). The first-order chi connectivity index (χ1) is 8.20. The topological polar surface area (TPSA) is 71.8 Å². The van der Waals surface area contributed by atoms with Gasteiger partial charge in [0.05, 0.1) is 16.6 Å². The van der Waals surface area contributed by atoms with Gasteiger partial charge < -0.3 is 10.7 Å². The molecule has 0 bridgehead atoms. The molecule has 0 amide bonds. The highest BCUT2D eigenvalue weighted by atomic mass is 32.1. The number of aromatic nitrogens is 2. The molecule has 0 aromatic carbocycles. The van der Waals surface area contributed by atoms with Crippen molar-refractivity contribution >= 4 is 11.3 Å². The van der Waals surface area contributed by atoms with E-state index in [1.54, 1.807) is 11.3 Å². The molecule has 4 nitrogen and oxygen atoms in total. The average molecular weight is 249 g/mol. The van der Waals surface area contributed by atoms with Crippen LogP contribution in [0.2, 0.25) is 0 Å². The van der Waals surface area contributed by atoms with Gasteiger partial charge in [-0.2, -0.15) is 0 Å². The molecule has 0 aliphatic carbocycles. The van der Waals surface area contributed by atoms with Crippen molar-refractivity contribution in [3.63, 3.8) is 0 Å². The van der Waals surface area contributed by atoms with Gasteiger partial charge in [0.2, 0.25) is 0 Å². The number of H-pyrrole nitrogens is 1. The van der Waals surface area contributed by atoms with Crippen molar-refractivity contribution in [2.45, 2.75) is 25.8 Å². The molecule has 2 aromatic rings. The fourth-order valence-corrected chi connectivity index (χ4v) is 2.34. The smallest absolute Gasteiger partial charge is 0.251 e. The van der Waals surface area contributed by atoms with Crippen LogP contribution in [0.25, 0.3) is 10.6 Å². The van der Waals surface area contributed by atoms with Crippen LogP contribution >= 0.6 is 11.3 Å². The number of nitrogens with zero attached hydrogens (tertiary/aromatic N) is 1. The Hall–Kier alpha value is -1.46. The third-order valence-electron chi connectivity index (χ3n) is 2.48. The molecule has 2 heterocycles. The maximum absolute atomic E-state index is 11.6. The minimum Gasteiger partial charge on any atom is -0.321 e. The van der Waals surface area contributed by atoms with E-state index in [9.17, 15) is 4.79 Å². The van der Waals surface area contributed by atoms with E-state index in [0.717, 1.165) is 17.7 Å². The fraction of sp³-hybridized carbons (Fsp3) is 0.333. The van der Waals surface area contributed by atoms with Crippen LogP contribution in [0, 0.1) is 0 Å². The van der Waals surface area contributed by atoms with E-state index < -0.39 is 0 Å². The summed E-state index contributed by atoms with van der Waals surface area (Å²) in [5.74, 6) is 0.572. The Balaban J connectivity index is 2.39. The lowest BCUT2D eigenvalue weighted by Gasteiger charge is -2.09. The Morgan fingerprint density at radius 3 is 3.06 bits per heavy atom. The van der Waals surface area contributed by atoms with Crippen LogP contribution in [0.1, 0.15) is 31.6 Å². The van der Waals surface area contributed by atoms with Crippen molar-refractivity contribution in [3.05, 3.63) is 39.8 Å². The summed E-state index contributed by atoms with van der Waals surface area (Å²) in [5.41, 5.74) is 6.52. The Bertz CT molecular complexity index is 533. The van der Waals surface area contributed by atoms with Gasteiger partial charge in [-0.1, -0.05) is 19.4 Å². The van der Waals surface area contributed by atoms with E-state index in [1.165, 1.54) is 6.07 Å². The molecule has 1 unspecified atom stereocenters. The van der Waals surface area contributed by atoms with Gasteiger partial charge >= 0.3 is 0 Å². The lowest BCUT2D eigenvalue weighted by atomic mass is 10.1. The van der Waals surface area contributed by atoms with Gasteiger partial charge in [-0.05, 0) is 17.9 Å². The summed E-state index contributed by atoms with van der Waals surface area (Å²) in [4.78, 5) is 19.7. The quantitative estimate of drug-likeness (QED) is 0.873. The largest absolute Gasteiger partial charge is 0.321 e. The van der Waals surface area contributed by atoms with Crippen LogP contribution in [-0.2, 0) is 0 Å².